The summed E-state index contributed by atoms with van der Waals surface area (Å²) in [4.78, 5) is 24.6. The molecule has 1 N–H and O–H groups in total. The number of amides is 2. The number of pyridine rings is 1. The Morgan fingerprint density at radius 2 is 1.71 bits per heavy atom. The minimum absolute atomic E-state index is 0.316. The smallest absolute Gasteiger partial charge is 0.323 e. The minimum atomic E-state index is -1.03. The third kappa shape index (κ3) is 4.59. The predicted molar refractivity (Wildman–Crippen MR) is 128 cm³/mol. The average molecular weight is 468 g/mol. The van der Waals surface area contributed by atoms with Gasteiger partial charge in [0.15, 0.2) is 5.13 Å². The molecular formula is C25H21N7OS. The zero-order valence-corrected chi connectivity index (χ0v) is 19.6. The van der Waals surface area contributed by atoms with E-state index in [4.69, 9.17) is 4.98 Å². The first-order valence-corrected chi connectivity index (χ1v) is 11.5. The zero-order chi connectivity index (χ0) is 24.3. The molecule has 3 heterocycles. The number of piperidine rings is 1. The number of anilines is 1. The standard InChI is InChI=1S/C25H21N7OS/c1-16-10-20(11-17(2)29-16)22-21(19-5-3-4-18(12-19)13-26)30-23(34-22)31-24(33)32-8-6-25(14-27,15-28)7-9-32/h3-5,10-12H,6-9H2,1-2H3,(H,30,31,33). The van der Waals surface area contributed by atoms with Crippen LogP contribution in [0.1, 0.15) is 29.8 Å². The molecule has 8 nitrogen and oxygen atoms in total. The molecular weight excluding hydrogens is 446 g/mol. The molecule has 1 fully saturated rings. The lowest BCUT2D eigenvalue weighted by Gasteiger charge is -2.32. The molecule has 4 rings (SSSR count). The van der Waals surface area contributed by atoms with Gasteiger partial charge in [0, 0.05) is 30.0 Å². The van der Waals surface area contributed by atoms with E-state index in [1.165, 1.54) is 11.3 Å². The van der Waals surface area contributed by atoms with Crippen molar-refractivity contribution in [2.24, 2.45) is 5.41 Å². The monoisotopic (exact) mass is 467 g/mol. The second-order valence-electron chi connectivity index (χ2n) is 8.25. The fourth-order valence-electron chi connectivity index (χ4n) is 3.98. The Balaban J connectivity index is 1.66. The molecule has 0 atom stereocenters. The second kappa shape index (κ2) is 9.31. The molecule has 2 amide bonds. The summed E-state index contributed by atoms with van der Waals surface area (Å²) in [7, 11) is 0. The van der Waals surface area contributed by atoms with Gasteiger partial charge in [-0.15, -0.1) is 0 Å². The number of benzene rings is 1. The molecule has 1 aliphatic heterocycles. The van der Waals surface area contributed by atoms with E-state index < -0.39 is 5.41 Å². The van der Waals surface area contributed by atoms with Crippen LogP contribution in [0.15, 0.2) is 36.4 Å². The number of hydrogen-bond acceptors (Lipinski definition) is 7. The normalized spacial score (nSPS) is 14.5. The number of aryl methyl sites for hydroxylation is 2. The molecule has 0 bridgehead atoms. The third-order valence-electron chi connectivity index (χ3n) is 5.78. The zero-order valence-electron chi connectivity index (χ0n) is 18.8. The minimum Gasteiger partial charge on any atom is -0.324 e. The van der Waals surface area contributed by atoms with Crippen molar-refractivity contribution < 1.29 is 4.79 Å². The molecule has 1 saturated heterocycles. The first-order valence-electron chi connectivity index (χ1n) is 10.7. The van der Waals surface area contributed by atoms with Crippen molar-refractivity contribution in [2.75, 3.05) is 18.4 Å². The topological polar surface area (TPSA) is 129 Å². The van der Waals surface area contributed by atoms with Crippen LogP contribution in [-0.2, 0) is 0 Å². The van der Waals surface area contributed by atoms with Crippen molar-refractivity contribution >= 4 is 22.5 Å². The molecule has 1 aromatic carbocycles. The lowest BCUT2D eigenvalue weighted by Crippen LogP contribution is -2.44. The quantitative estimate of drug-likeness (QED) is 0.575. The number of urea groups is 1. The average Bonchev–Trinajstić information content (AvgIpc) is 3.27. The van der Waals surface area contributed by atoms with E-state index in [1.807, 2.05) is 38.1 Å². The van der Waals surface area contributed by atoms with Gasteiger partial charge in [0.2, 0.25) is 0 Å². The van der Waals surface area contributed by atoms with Crippen molar-refractivity contribution in [3.63, 3.8) is 0 Å². The number of likely N-dealkylation sites (tertiary alicyclic amines) is 1. The van der Waals surface area contributed by atoms with Crippen LogP contribution in [0.5, 0.6) is 0 Å². The van der Waals surface area contributed by atoms with Gasteiger partial charge in [-0.05, 0) is 56.5 Å². The molecule has 9 heteroatoms. The maximum atomic E-state index is 12.9. The summed E-state index contributed by atoms with van der Waals surface area (Å²) in [5.41, 5.74) is 3.64. The summed E-state index contributed by atoms with van der Waals surface area (Å²) in [6.45, 7) is 4.50. The van der Waals surface area contributed by atoms with Crippen molar-refractivity contribution in [1.29, 1.82) is 15.8 Å². The lowest BCUT2D eigenvalue weighted by atomic mass is 9.81. The van der Waals surface area contributed by atoms with Gasteiger partial charge < -0.3 is 4.90 Å². The van der Waals surface area contributed by atoms with E-state index in [0.29, 0.717) is 42.3 Å². The molecule has 1 aliphatic rings. The number of carbonyl (C=O) groups is 1. The van der Waals surface area contributed by atoms with Crippen LogP contribution in [0.3, 0.4) is 0 Å². The van der Waals surface area contributed by atoms with Crippen molar-refractivity contribution in [2.45, 2.75) is 26.7 Å². The fraction of sp³-hybridized carbons (Fsp3) is 0.280. The van der Waals surface area contributed by atoms with E-state index >= 15 is 0 Å². The highest BCUT2D eigenvalue weighted by atomic mass is 32.1. The Morgan fingerprint density at radius 1 is 1.03 bits per heavy atom. The number of thiazole rings is 1. The Morgan fingerprint density at radius 3 is 2.32 bits per heavy atom. The maximum Gasteiger partial charge on any atom is 0.323 e. The van der Waals surface area contributed by atoms with Crippen LogP contribution < -0.4 is 5.32 Å². The van der Waals surface area contributed by atoms with Gasteiger partial charge in [0.25, 0.3) is 0 Å². The largest absolute Gasteiger partial charge is 0.324 e. The van der Waals surface area contributed by atoms with Crippen LogP contribution in [-0.4, -0.2) is 34.0 Å². The van der Waals surface area contributed by atoms with Crippen LogP contribution in [0.4, 0.5) is 9.93 Å². The summed E-state index contributed by atoms with van der Waals surface area (Å²) in [5.74, 6) is 0. The Bertz CT molecular complexity index is 1350. The number of nitriles is 3. The molecule has 0 saturated carbocycles. The molecule has 3 aromatic rings. The summed E-state index contributed by atoms with van der Waals surface area (Å²) in [6, 6.07) is 17.2. The van der Waals surface area contributed by atoms with E-state index in [9.17, 15) is 20.6 Å². The van der Waals surface area contributed by atoms with Crippen LogP contribution >= 0.6 is 11.3 Å². The second-order valence-corrected chi connectivity index (χ2v) is 9.25. The predicted octanol–water partition coefficient (Wildman–Crippen LogP) is 5.02. The highest BCUT2D eigenvalue weighted by Gasteiger charge is 2.36. The maximum absolute atomic E-state index is 12.9. The van der Waals surface area contributed by atoms with Gasteiger partial charge in [-0.25, -0.2) is 9.78 Å². The van der Waals surface area contributed by atoms with Crippen molar-refractivity contribution in [1.82, 2.24) is 14.9 Å². The van der Waals surface area contributed by atoms with E-state index in [-0.39, 0.29) is 6.03 Å². The molecule has 168 valence electrons. The number of nitrogens with zero attached hydrogens (tertiary/aromatic N) is 6. The van der Waals surface area contributed by atoms with Crippen LogP contribution in [0.2, 0.25) is 0 Å². The summed E-state index contributed by atoms with van der Waals surface area (Å²) in [6.07, 6.45) is 0.636. The number of carbonyl (C=O) groups excluding carboxylic acids is 1. The van der Waals surface area contributed by atoms with Gasteiger partial charge in [-0.2, -0.15) is 15.8 Å². The number of nitrogens with one attached hydrogen (secondary N) is 1. The highest BCUT2D eigenvalue weighted by Crippen LogP contribution is 2.40. The molecule has 0 spiro atoms. The summed E-state index contributed by atoms with van der Waals surface area (Å²) >= 11 is 1.35. The molecule has 0 radical (unpaired) electrons. The van der Waals surface area contributed by atoms with Gasteiger partial charge in [-0.3, -0.25) is 10.3 Å². The van der Waals surface area contributed by atoms with Crippen molar-refractivity contribution in [3.05, 3.63) is 53.3 Å². The SMILES string of the molecule is Cc1cc(-c2sc(NC(=O)N3CCC(C#N)(C#N)CC3)nc2-c2cccc(C#N)c2)cc(C)n1. The number of hydrogen-bond donors (Lipinski definition) is 1. The van der Waals surface area contributed by atoms with E-state index in [1.54, 1.807) is 17.0 Å². The third-order valence-corrected chi connectivity index (χ3v) is 6.80. The fourth-order valence-corrected chi connectivity index (χ4v) is 4.94. The number of aromatic nitrogens is 2. The molecule has 0 unspecified atom stereocenters. The van der Waals surface area contributed by atoms with Gasteiger partial charge >= 0.3 is 6.03 Å². The molecule has 2 aromatic heterocycles. The van der Waals surface area contributed by atoms with Crippen LogP contribution in [0.25, 0.3) is 21.7 Å². The molecule has 34 heavy (non-hydrogen) atoms. The summed E-state index contributed by atoms with van der Waals surface area (Å²) in [5, 5.41) is 31.3. The summed E-state index contributed by atoms with van der Waals surface area (Å²) < 4.78 is 0. The first-order chi connectivity index (χ1) is 16.4. The Labute approximate surface area is 201 Å². The van der Waals surface area contributed by atoms with Gasteiger partial charge in [0.05, 0.1) is 34.3 Å². The molecule has 0 aliphatic carbocycles. The highest BCUT2D eigenvalue weighted by molar-refractivity contribution is 7.19. The lowest BCUT2D eigenvalue weighted by molar-refractivity contribution is 0.178. The Kier molecular flexibility index (Phi) is 6.27. The Hall–Kier alpha value is -4.26. The van der Waals surface area contributed by atoms with E-state index in [2.05, 4.69) is 28.5 Å². The van der Waals surface area contributed by atoms with Crippen LogP contribution in [0, 0.1) is 53.3 Å². The van der Waals surface area contributed by atoms with Gasteiger partial charge in [-0.1, -0.05) is 23.5 Å². The van der Waals surface area contributed by atoms with E-state index in [0.717, 1.165) is 27.4 Å². The first kappa shape index (κ1) is 22.9. The van der Waals surface area contributed by atoms with Gasteiger partial charge in [0.1, 0.15) is 5.41 Å². The van der Waals surface area contributed by atoms with Crippen molar-refractivity contribution in [3.8, 4) is 39.9 Å². The number of rotatable bonds is 3.